The van der Waals surface area contributed by atoms with Gasteiger partial charge in [0, 0.05) is 18.8 Å². The topological polar surface area (TPSA) is 92.9 Å². The normalized spacial score (nSPS) is 21.8. The number of aliphatic hydroxyl groups is 1. The highest BCUT2D eigenvalue weighted by Crippen LogP contribution is 2.45. The number of sulfonamides is 1. The van der Waals surface area contributed by atoms with Crippen LogP contribution in [0.1, 0.15) is 12.8 Å². The van der Waals surface area contributed by atoms with Crippen molar-refractivity contribution in [1.82, 2.24) is 4.31 Å². The third-order valence-corrected chi connectivity index (χ3v) is 5.85. The summed E-state index contributed by atoms with van der Waals surface area (Å²) in [6.45, 7) is 0.536. The van der Waals surface area contributed by atoms with Gasteiger partial charge in [-0.2, -0.15) is 4.31 Å². The first-order chi connectivity index (χ1) is 9.89. The Morgan fingerprint density at radius 1 is 1.29 bits per heavy atom. The van der Waals surface area contributed by atoms with Gasteiger partial charge >= 0.3 is 0 Å². The Morgan fingerprint density at radius 2 is 1.90 bits per heavy atom. The molecule has 0 radical (unpaired) electrons. The van der Waals surface area contributed by atoms with Crippen molar-refractivity contribution in [2.75, 3.05) is 31.2 Å². The van der Waals surface area contributed by atoms with E-state index in [2.05, 4.69) is 0 Å². The van der Waals surface area contributed by atoms with E-state index in [1.807, 2.05) is 0 Å². The van der Waals surface area contributed by atoms with Gasteiger partial charge in [0.25, 0.3) is 0 Å². The molecular formula is C14H20N2O4S. The number of rotatable bonds is 6. The molecule has 0 amide bonds. The second-order valence-corrected chi connectivity index (χ2v) is 7.97. The predicted molar refractivity (Wildman–Crippen MR) is 79.4 cm³/mol. The molecule has 0 aromatic heterocycles. The molecule has 0 spiro atoms. The summed E-state index contributed by atoms with van der Waals surface area (Å²) in [5.74, 6) is 0.797. The third-order valence-electron chi connectivity index (χ3n) is 4.12. The Kier molecular flexibility index (Phi) is 3.59. The maximum Gasteiger partial charge on any atom is 0.217 e. The first-order valence-corrected chi connectivity index (χ1v) is 8.68. The van der Waals surface area contributed by atoms with Crippen LogP contribution in [0.15, 0.2) is 24.3 Å². The monoisotopic (exact) mass is 312 g/mol. The van der Waals surface area contributed by atoms with E-state index in [0.717, 1.165) is 12.8 Å². The fraction of sp³-hybridized carbons (Fsp3) is 0.571. The number of anilines is 1. The van der Waals surface area contributed by atoms with Crippen molar-refractivity contribution in [1.29, 1.82) is 0 Å². The van der Waals surface area contributed by atoms with Crippen LogP contribution in [0.25, 0.3) is 0 Å². The first-order valence-electron chi connectivity index (χ1n) is 7.08. The lowest BCUT2D eigenvalue weighted by Crippen LogP contribution is -2.65. The molecular weight excluding hydrogens is 292 g/mol. The molecule has 1 aromatic rings. The van der Waals surface area contributed by atoms with E-state index in [9.17, 15) is 13.5 Å². The minimum atomic E-state index is -3.35. The third kappa shape index (κ3) is 3.14. The van der Waals surface area contributed by atoms with Gasteiger partial charge in [0.2, 0.25) is 10.0 Å². The number of benzene rings is 1. The Labute approximate surface area is 124 Å². The maximum absolute atomic E-state index is 12.1. The average molecular weight is 312 g/mol. The van der Waals surface area contributed by atoms with Crippen LogP contribution in [-0.2, 0) is 10.0 Å². The Hall–Kier alpha value is -1.31. The number of nitrogen functional groups attached to an aromatic ring is 1. The molecule has 2 fully saturated rings. The van der Waals surface area contributed by atoms with Gasteiger partial charge in [-0.15, -0.1) is 0 Å². The second-order valence-electron chi connectivity index (χ2n) is 5.88. The van der Waals surface area contributed by atoms with E-state index in [0.29, 0.717) is 11.4 Å². The molecule has 1 saturated carbocycles. The van der Waals surface area contributed by atoms with Crippen LogP contribution in [0.5, 0.6) is 5.75 Å². The molecule has 1 aliphatic carbocycles. The highest BCUT2D eigenvalue weighted by Gasteiger charge is 2.54. The standard InChI is InChI=1S/C14H20N2O4S/c15-12-3-5-13(6-4-12)20-7-8-21(18,19)16-9-14(17,10-16)11-1-2-11/h3-6,11,17H,1-2,7-10,15H2. The van der Waals surface area contributed by atoms with Gasteiger partial charge in [-0.1, -0.05) is 0 Å². The summed E-state index contributed by atoms with van der Waals surface area (Å²) in [5, 5.41) is 10.2. The fourth-order valence-corrected chi connectivity index (χ4v) is 3.99. The largest absolute Gasteiger partial charge is 0.492 e. The van der Waals surface area contributed by atoms with Crippen molar-refractivity contribution >= 4 is 15.7 Å². The molecule has 1 aliphatic heterocycles. The van der Waals surface area contributed by atoms with Gasteiger partial charge in [-0.05, 0) is 43.0 Å². The highest BCUT2D eigenvalue weighted by molar-refractivity contribution is 7.89. The molecule has 21 heavy (non-hydrogen) atoms. The van der Waals surface area contributed by atoms with Crippen LogP contribution in [0.4, 0.5) is 5.69 Å². The molecule has 6 nitrogen and oxygen atoms in total. The van der Waals surface area contributed by atoms with E-state index in [1.54, 1.807) is 24.3 Å². The number of hydrogen-bond acceptors (Lipinski definition) is 5. The minimum Gasteiger partial charge on any atom is -0.492 e. The number of nitrogens with two attached hydrogens (primary N) is 1. The number of hydrogen-bond donors (Lipinski definition) is 2. The van der Waals surface area contributed by atoms with Crippen molar-refractivity contribution in [2.24, 2.45) is 5.92 Å². The van der Waals surface area contributed by atoms with Gasteiger partial charge in [0.1, 0.15) is 12.4 Å². The lowest BCUT2D eigenvalue weighted by molar-refractivity contribution is -0.0765. The van der Waals surface area contributed by atoms with Crippen molar-refractivity contribution in [3.8, 4) is 5.75 Å². The van der Waals surface area contributed by atoms with Crippen molar-refractivity contribution in [3.05, 3.63) is 24.3 Å². The van der Waals surface area contributed by atoms with Crippen molar-refractivity contribution in [2.45, 2.75) is 18.4 Å². The zero-order chi connectivity index (χ0) is 15.1. The zero-order valence-corrected chi connectivity index (χ0v) is 12.6. The Bertz CT molecular complexity index is 604. The van der Waals surface area contributed by atoms with Crippen molar-refractivity contribution < 1.29 is 18.3 Å². The van der Waals surface area contributed by atoms with Gasteiger partial charge in [0.15, 0.2) is 0 Å². The fourth-order valence-electron chi connectivity index (χ4n) is 2.60. The van der Waals surface area contributed by atoms with E-state index < -0.39 is 15.6 Å². The summed E-state index contributed by atoms with van der Waals surface area (Å²) in [4.78, 5) is 0. The Morgan fingerprint density at radius 3 is 2.48 bits per heavy atom. The van der Waals surface area contributed by atoms with E-state index in [-0.39, 0.29) is 31.4 Å². The summed E-state index contributed by atoms with van der Waals surface area (Å²) in [5.41, 5.74) is 5.41. The van der Waals surface area contributed by atoms with Crippen LogP contribution in [0.3, 0.4) is 0 Å². The Balaban J connectivity index is 1.47. The summed E-state index contributed by atoms with van der Waals surface area (Å²) < 4.78 is 31.0. The molecule has 1 heterocycles. The van der Waals surface area contributed by atoms with E-state index in [4.69, 9.17) is 10.5 Å². The molecule has 0 atom stereocenters. The van der Waals surface area contributed by atoms with Gasteiger partial charge in [-0.3, -0.25) is 0 Å². The van der Waals surface area contributed by atoms with Gasteiger partial charge in [0.05, 0.1) is 11.4 Å². The molecule has 0 unspecified atom stereocenters. The summed E-state index contributed by atoms with van der Waals surface area (Å²) in [6.07, 6.45) is 2.01. The van der Waals surface area contributed by atoms with Crippen LogP contribution >= 0.6 is 0 Å². The lowest BCUT2D eigenvalue weighted by atomic mass is 9.91. The van der Waals surface area contributed by atoms with Crippen LogP contribution in [0, 0.1) is 5.92 Å². The molecule has 116 valence electrons. The van der Waals surface area contributed by atoms with Crippen molar-refractivity contribution in [3.63, 3.8) is 0 Å². The summed E-state index contributed by atoms with van der Waals surface area (Å²) >= 11 is 0. The number of β-amino-alcohol motifs (C(OH)–C–C–N with tert-alkyl or cyclic N) is 1. The highest BCUT2D eigenvalue weighted by atomic mass is 32.2. The van der Waals surface area contributed by atoms with Crippen LogP contribution in [0.2, 0.25) is 0 Å². The maximum atomic E-state index is 12.1. The molecule has 3 N–H and O–H groups in total. The quantitative estimate of drug-likeness (QED) is 0.743. The van der Waals surface area contributed by atoms with Crippen LogP contribution in [-0.4, -0.2) is 48.9 Å². The second kappa shape index (κ2) is 5.15. The number of nitrogens with zero attached hydrogens (tertiary/aromatic N) is 1. The predicted octanol–water partition coefficient (Wildman–Crippen LogP) is 0.434. The van der Waals surface area contributed by atoms with E-state index in [1.165, 1.54) is 4.31 Å². The van der Waals surface area contributed by atoms with E-state index >= 15 is 0 Å². The number of ether oxygens (including phenoxy) is 1. The zero-order valence-electron chi connectivity index (χ0n) is 11.7. The SMILES string of the molecule is Nc1ccc(OCCS(=O)(=O)N2CC(O)(C3CC3)C2)cc1. The molecule has 7 heteroatoms. The summed E-state index contributed by atoms with van der Waals surface area (Å²) in [7, 11) is -3.35. The lowest BCUT2D eigenvalue weighted by Gasteiger charge is -2.45. The van der Waals surface area contributed by atoms with Crippen LogP contribution < -0.4 is 10.5 Å². The van der Waals surface area contributed by atoms with Gasteiger partial charge < -0.3 is 15.6 Å². The minimum absolute atomic E-state index is 0.0852. The average Bonchev–Trinajstić information content (AvgIpc) is 3.22. The molecule has 2 aliphatic rings. The molecule has 1 saturated heterocycles. The smallest absolute Gasteiger partial charge is 0.217 e. The first kappa shape index (κ1) is 14.6. The summed E-state index contributed by atoms with van der Waals surface area (Å²) in [6, 6.07) is 6.82. The molecule has 0 bridgehead atoms. The van der Waals surface area contributed by atoms with Gasteiger partial charge in [-0.25, -0.2) is 8.42 Å². The molecule has 3 rings (SSSR count). The molecule has 1 aromatic carbocycles.